The fourth-order valence-corrected chi connectivity index (χ4v) is 4.30. The van der Waals surface area contributed by atoms with Crippen molar-refractivity contribution in [3.8, 4) is 11.1 Å². The summed E-state index contributed by atoms with van der Waals surface area (Å²) in [5.41, 5.74) is 5.25. The zero-order valence-electron chi connectivity index (χ0n) is 19.8. The number of carbonyl (C=O) groups is 1. The molecule has 1 amide bonds. The summed E-state index contributed by atoms with van der Waals surface area (Å²) in [5.74, 6) is -0.107. The molecule has 0 bridgehead atoms. The fourth-order valence-electron chi connectivity index (χ4n) is 4.30. The van der Waals surface area contributed by atoms with Crippen LogP contribution in [0.15, 0.2) is 97.2 Å². The van der Waals surface area contributed by atoms with Gasteiger partial charge in [-0.05, 0) is 48.1 Å². The van der Waals surface area contributed by atoms with Crippen LogP contribution < -0.4 is 5.32 Å². The highest BCUT2D eigenvalue weighted by Gasteiger charge is 2.18. The molecule has 4 aromatic rings. The van der Waals surface area contributed by atoms with E-state index in [4.69, 9.17) is 0 Å². The number of benzene rings is 3. The van der Waals surface area contributed by atoms with Crippen LogP contribution in [0.2, 0.25) is 0 Å². The summed E-state index contributed by atoms with van der Waals surface area (Å²) in [5, 5.41) is 4.15. The maximum absolute atomic E-state index is 13.7. The van der Waals surface area contributed by atoms with Crippen molar-refractivity contribution < 1.29 is 4.79 Å². The topological polar surface area (TPSA) is 42.0 Å². The number of hydrogen-bond donors (Lipinski definition) is 1. The molecule has 0 unspecified atom stereocenters. The quantitative estimate of drug-likeness (QED) is 0.196. The maximum atomic E-state index is 13.7. The lowest BCUT2D eigenvalue weighted by molar-refractivity contribution is 0.102. The third kappa shape index (κ3) is 5.79. The highest BCUT2D eigenvalue weighted by molar-refractivity contribution is 6.12. The molecule has 172 valence electrons. The van der Waals surface area contributed by atoms with E-state index in [9.17, 15) is 4.79 Å². The smallest absolute Gasteiger partial charge is 0.256 e. The number of nitrogens with one attached hydrogen (secondary N) is 1. The van der Waals surface area contributed by atoms with E-state index in [1.165, 1.54) is 25.7 Å². The minimum atomic E-state index is -0.107. The monoisotopic (exact) mass is 448 g/mol. The molecule has 0 saturated carbocycles. The van der Waals surface area contributed by atoms with Crippen LogP contribution in [0.1, 0.15) is 54.9 Å². The van der Waals surface area contributed by atoms with Gasteiger partial charge in [0, 0.05) is 11.6 Å². The molecule has 0 saturated heterocycles. The minimum Gasteiger partial charge on any atom is -0.320 e. The van der Waals surface area contributed by atoms with E-state index in [1.54, 1.807) is 6.20 Å². The van der Waals surface area contributed by atoms with Crippen LogP contribution in [0.3, 0.4) is 0 Å². The molecule has 0 fully saturated rings. The lowest BCUT2D eigenvalue weighted by Crippen LogP contribution is -2.16. The molecule has 1 heterocycles. The largest absolute Gasteiger partial charge is 0.320 e. The number of allylic oxidation sites excluding steroid dienone is 2. The Morgan fingerprint density at radius 3 is 2.53 bits per heavy atom. The number of pyridine rings is 1. The van der Waals surface area contributed by atoms with E-state index in [-0.39, 0.29) is 5.91 Å². The second-order valence-corrected chi connectivity index (χ2v) is 8.57. The molecule has 3 aromatic carbocycles. The first-order chi connectivity index (χ1) is 16.8. The molecular formula is C31H32N2O. The number of unbranched alkanes of at least 4 members (excludes halogenated alkanes) is 4. The van der Waals surface area contributed by atoms with Crippen molar-refractivity contribution in [1.29, 1.82) is 0 Å². The second kappa shape index (κ2) is 11.9. The summed E-state index contributed by atoms with van der Waals surface area (Å²) >= 11 is 0. The molecule has 1 N–H and O–H groups in total. The highest BCUT2D eigenvalue weighted by Crippen LogP contribution is 2.29. The van der Waals surface area contributed by atoms with Gasteiger partial charge in [0.15, 0.2) is 0 Å². The van der Waals surface area contributed by atoms with E-state index in [2.05, 4.69) is 47.6 Å². The van der Waals surface area contributed by atoms with E-state index in [1.807, 2.05) is 60.7 Å². The number of fused-ring (bicyclic) bond motifs is 1. The van der Waals surface area contributed by atoms with Crippen LogP contribution in [0.25, 0.3) is 22.0 Å². The Bertz CT molecular complexity index is 1260. The summed E-state index contributed by atoms with van der Waals surface area (Å²) in [6.07, 6.45) is 13.1. The summed E-state index contributed by atoms with van der Waals surface area (Å²) in [6, 6.07) is 26.0. The number of nitrogens with zero attached hydrogens (tertiary/aromatic N) is 1. The Morgan fingerprint density at radius 2 is 1.68 bits per heavy atom. The van der Waals surface area contributed by atoms with Crippen molar-refractivity contribution in [3.05, 3.63) is 108 Å². The number of rotatable bonds is 10. The van der Waals surface area contributed by atoms with Gasteiger partial charge in [0.2, 0.25) is 0 Å². The lowest BCUT2D eigenvalue weighted by atomic mass is 9.93. The number of para-hydroxylation sites is 1. The van der Waals surface area contributed by atoms with E-state index in [0.29, 0.717) is 0 Å². The van der Waals surface area contributed by atoms with Gasteiger partial charge < -0.3 is 5.32 Å². The first-order valence-electron chi connectivity index (χ1n) is 12.3. The van der Waals surface area contributed by atoms with Gasteiger partial charge in [-0.1, -0.05) is 105 Å². The average Bonchev–Trinajstić information content (AvgIpc) is 2.88. The normalized spacial score (nSPS) is 11.2. The van der Waals surface area contributed by atoms with Gasteiger partial charge in [-0.3, -0.25) is 9.78 Å². The zero-order chi connectivity index (χ0) is 23.6. The summed E-state index contributed by atoms with van der Waals surface area (Å²) < 4.78 is 0. The van der Waals surface area contributed by atoms with Crippen LogP contribution in [0, 0.1) is 0 Å². The minimum absolute atomic E-state index is 0.107. The molecule has 0 aliphatic rings. The first-order valence-corrected chi connectivity index (χ1v) is 12.3. The van der Waals surface area contributed by atoms with E-state index < -0.39 is 0 Å². The third-order valence-electron chi connectivity index (χ3n) is 6.07. The van der Waals surface area contributed by atoms with Gasteiger partial charge in [0.05, 0.1) is 16.8 Å². The first kappa shape index (κ1) is 23.4. The fraction of sp³-hybridized carbons (Fsp3) is 0.226. The molecule has 0 aliphatic heterocycles. The lowest BCUT2D eigenvalue weighted by Gasteiger charge is -2.15. The highest BCUT2D eigenvalue weighted by atomic mass is 16.1. The van der Waals surface area contributed by atoms with Crippen LogP contribution >= 0.6 is 0 Å². The van der Waals surface area contributed by atoms with Crippen LogP contribution in [-0.4, -0.2) is 10.9 Å². The number of hydrogen-bond acceptors (Lipinski definition) is 2. The Labute approximate surface area is 202 Å². The molecule has 0 atom stereocenters. The van der Waals surface area contributed by atoms with E-state index in [0.717, 1.165) is 51.7 Å². The van der Waals surface area contributed by atoms with Crippen molar-refractivity contribution in [1.82, 2.24) is 4.98 Å². The predicted molar refractivity (Wildman–Crippen MR) is 143 cm³/mol. The molecule has 0 spiro atoms. The predicted octanol–water partition coefficient (Wildman–Crippen LogP) is 8.22. The van der Waals surface area contributed by atoms with Crippen LogP contribution in [0.4, 0.5) is 5.69 Å². The number of anilines is 1. The molecule has 0 radical (unpaired) electrons. The Morgan fingerprint density at radius 1 is 0.853 bits per heavy atom. The van der Waals surface area contributed by atoms with Gasteiger partial charge in [-0.2, -0.15) is 0 Å². The molecule has 3 heteroatoms. The van der Waals surface area contributed by atoms with Gasteiger partial charge in [-0.15, -0.1) is 0 Å². The second-order valence-electron chi connectivity index (χ2n) is 8.57. The van der Waals surface area contributed by atoms with Crippen molar-refractivity contribution in [2.24, 2.45) is 0 Å². The number of carbonyl (C=O) groups excluding carboxylic acids is 1. The van der Waals surface area contributed by atoms with Gasteiger partial charge in [0.1, 0.15) is 0 Å². The summed E-state index contributed by atoms with van der Waals surface area (Å²) in [4.78, 5) is 18.2. The number of aromatic nitrogens is 1. The Balaban J connectivity index is 1.64. The summed E-state index contributed by atoms with van der Waals surface area (Å²) in [7, 11) is 0. The molecular weight excluding hydrogens is 416 g/mol. The zero-order valence-corrected chi connectivity index (χ0v) is 19.8. The number of amides is 1. The third-order valence-corrected chi connectivity index (χ3v) is 6.07. The molecule has 4 rings (SSSR count). The van der Waals surface area contributed by atoms with Gasteiger partial charge in [-0.25, -0.2) is 0 Å². The summed E-state index contributed by atoms with van der Waals surface area (Å²) in [6.45, 7) is 2.23. The molecule has 34 heavy (non-hydrogen) atoms. The molecule has 1 aromatic heterocycles. The van der Waals surface area contributed by atoms with E-state index >= 15 is 0 Å². The van der Waals surface area contributed by atoms with Gasteiger partial charge >= 0.3 is 0 Å². The average molecular weight is 449 g/mol. The van der Waals surface area contributed by atoms with Crippen molar-refractivity contribution in [2.45, 2.75) is 45.4 Å². The molecule has 0 aliphatic carbocycles. The maximum Gasteiger partial charge on any atom is 0.256 e. The van der Waals surface area contributed by atoms with Crippen LogP contribution in [0.5, 0.6) is 0 Å². The van der Waals surface area contributed by atoms with Gasteiger partial charge in [0.25, 0.3) is 5.91 Å². The van der Waals surface area contributed by atoms with Crippen molar-refractivity contribution in [3.63, 3.8) is 0 Å². The van der Waals surface area contributed by atoms with Crippen LogP contribution in [-0.2, 0) is 6.42 Å². The molecule has 3 nitrogen and oxygen atoms in total. The van der Waals surface area contributed by atoms with Crippen molar-refractivity contribution >= 4 is 22.5 Å². The Hall–Kier alpha value is -3.72. The SMILES string of the molecule is CCCCCC/C=C/Cc1cccc(-c2ccccc2)c1C(=O)Nc1cccc2cccnc12. The van der Waals surface area contributed by atoms with Crippen molar-refractivity contribution in [2.75, 3.05) is 5.32 Å². The Kier molecular flexibility index (Phi) is 8.23. The standard InChI is InChI=1S/C31H32N2O/c1-2-3-4-5-6-7-9-17-25-18-12-21-27(24-15-10-8-11-16-24)29(25)31(34)33-28-22-13-19-26-20-14-23-32-30(26)28/h7-16,18-23H,2-6,17H2,1H3,(H,33,34)/b9-7+.